The lowest BCUT2D eigenvalue weighted by Crippen LogP contribution is -2.37. The molecule has 2 N–H and O–H groups in total. The second-order valence-electron chi connectivity index (χ2n) is 5.63. The van der Waals surface area contributed by atoms with Gasteiger partial charge in [0.1, 0.15) is 0 Å². The predicted octanol–water partition coefficient (Wildman–Crippen LogP) is 2.36. The van der Waals surface area contributed by atoms with Gasteiger partial charge in [-0.15, -0.1) is 0 Å². The summed E-state index contributed by atoms with van der Waals surface area (Å²) >= 11 is 5.16. The van der Waals surface area contributed by atoms with Crippen LogP contribution in [0.1, 0.15) is 31.1 Å². The first-order valence-electron chi connectivity index (χ1n) is 7.00. The van der Waals surface area contributed by atoms with Crippen molar-refractivity contribution in [2.24, 2.45) is 0 Å². The maximum Gasteiger partial charge on any atom is 0.338 e. The average molecular weight is 321 g/mol. The molecule has 6 nitrogen and oxygen atoms in total. The lowest BCUT2D eigenvalue weighted by molar-refractivity contribution is 0.0526. The fourth-order valence-corrected chi connectivity index (χ4v) is 2.58. The minimum Gasteiger partial charge on any atom is -0.462 e. The Kier molecular flexibility index (Phi) is 4.65. The standard InChI is InChI=1S/C15H19N3O3S/c1-4-21-12(19)10-6-5-7-11(8-10)16-13(20)18-9-15(2,3)17-14(18)22/h5-8H,4,9H2,1-3H3,(H,16,20)(H,17,22). The van der Waals surface area contributed by atoms with Crippen LogP contribution in [0.5, 0.6) is 0 Å². The first-order chi connectivity index (χ1) is 10.3. The van der Waals surface area contributed by atoms with Crippen molar-refractivity contribution >= 4 is 35.0 Å². The van der Waals surface area contributed by atoms with E-state index in [0.717, 1.165) is 0 Å². The van der Waals surface area contributed by atoms with Crippen LogP contribution < -0.4 is 10.6 Å². The summed E-state index contributed by atoms with van der Waals surface area (Å²) in [6.07, 6.45) is 0. The van der Waals surface area contributed by atoms with Crippen molar-refractivity contribution in [3.8, 4) is 0 Å². The van der Waals surface area contributed by atoms with Crippen LogP contribution in [0, 0.1) is 0 Å². The Labute approximate surface area is 134 Å². The van der Waals surface area contributed by atoms with Gasteiger partial charge in [-0.2, -0.15) is 0 Å². The van der Waals surface area contributed by atoms with Crippen molar-refractivity contribution < 1.29 is 14.3 Å². The van der Waals surface area contributed by atoms with E-state index in [0.29, 0.717) is 29.5 Å². The third-order valence-electron chi connectivity index (χ3n) is 3.11. The lowest BCUT2D eigenvalue weighted by atomic mass is 10.1. The maximum absolute atomic E-state index is 12.3. The normalized spacial score (nSPS) is 16.1. The molecule has 7 heteroatoms. The average Bonchev–Trinajstić information content (AvgIpc) is 2.72. The van der Waals surface area contributed by atoms with Gasteiger partial charge >= 0.3 is 12.0 Å². The van der Waals surface area contributed by atoms with Crippen LogP contribution in [-0.2, 0) is 4.74 Å². The number of anilines is 1. The van der Waals surface area contributed by atoms with Crippen LogP contribution in [0.15, 0.2) is 24.3 Å². The third kappa shape index (κ3) is 3.73. The van der Waals surface area contributed by atoms with Crippen LogP contribution in [-0.4, -0.2) is 40.7 Å². The number of hydrogen-bond acceptors (Lipinski definition) is 4. The van der Waals surface area contributed by atoms with E-state index < -0.39 is 5.97 Å². The molecule has 118 valence electrons. The number of carbonyl (C=O) groups is 2. The van der Waals surface area contributed by atoms with E-state index in [1.807, 2.05) is 13.8 Å². The monoisotopic (exact) mass is 321 g/mol. The van der Waals surface area contributed by atoms with Gasteiger partial charge in [-0.1, -0.05) is 6.07 Å². The molecule has 0 aliphatic carbocycles. The van der Waals surface area contributed by atoms with Gasteiger partial charge in [0.05, 0.1) is 24.3 Å². The molecule has 1 heterocycles. The SMILES string of the molecule is CCOC(=O)c1cccc(NC(=O)N2CC(C)(C)NC2=S)c1. The Hall–Kier alpha value is -2.15. The van der Waals surface area contributed by atoms with Crippen LogP contribution in [0.25, 0.3) is 0 Å². The van der Waals surface area contributed by atoms with Crippen molar-refractivity contribution in [3.63, 3.8) is 0 Å². The highest BCUT2D eigenvalue weighted by molar-refractivity contribution is 7.80. The molecular formula is C15H19N3O3S. The summed E-state index contributed by atoms with van der Waals surface area (Å²) in [4.78, 5) is 25.5. The van der Waals surface area contributed by atoms with Gasteiger partial charge in [0.15, 0.2) is 5.11 Å². The number of urea groups is 1. The smallest absolute Gasteiger partial charge is 0.338 e. The van der Waals surface area contributed by atoms with E-state index in [2.05, 4.69) is 10.6 Å². The number of nitrogens with one attached hydrogen (secondary N) is 2. The Bertz CT molecular complexity index is 616. The predicted molar refractivity (Wildman–Crippen MR) is 87.9 cm³/mol. The molecule has 0 atom stereocenters. The van der Waals surface area contributed by atoms with Crippen LogP contribution >= 0.6 is 12.2 Å². The van der Waals surface area contributed by atoms with Crippen molar-refractivity contribution in [2.45, 2.75) is 26.3 Å². The first-order valence-corrected chi connectivity index (χ1v) is 7.41. The zero-order valence-corrected chi connectivity index (χ0v) is 13.6. The largest absolute Gasteiger partial charge is 0.462 e. The van der Waals surface area contributed by atoms with E-state index in [1.165, 1.54) is 4.90 Å². The first kappa shape index (κ1) is 16.2. The summed E-state index contributed by atoms with van der Waals surface area (Å²) < 4.78 is 4.94. The summed E-state index contributed by atoms with van der Waals surface area (Å²) in [5.41, 5.74) is 0.659. The molecule has 1 aliphatic heterocycles. The Balaban J connectivity index is 2.08. The number of hydrogen-bond donors (Lipinski definition) is 2. The van der Waals surface area contributed by atoms with Gasteiger partial charge in [0.2, 0.25) is 0 Å². The van der Waals surface area contributed by atoms with Crippen molar-refractivity contribution in [1.29, 1.82) is 0 Å². The van der Waals surface area contributed by atoms with Crippen LogP contribution in [0.3, 0.4) is 0 Å². The zero-order valence-electron chi connectivity index (χ0n) is 12.8. The number of esters is 1. The molecule has 0 radical (unpaired) electrons. The van der Waals surface area contributed by atoms with Crippen LogP contribution in [0.4, 0.5) is 10.5 Å². The molecule has 0 saturated carbocycles. The number of amides is 2. The van der Waals surface area contributed by atoms with Crippen LogP contribution in [0.2, 0.25) is 0 Å². The summed E-state index contributed by atoms with van der Waals surface area (Å²) in [5.74, 6) is -0.418. The van der Waals surface area contributed by atoms with Gasteiger partial charge in [-0.05, 0) is 51.2 Å². The number of benzene rings is 1. The molecule has 0 aromatic heterocycles. The second kappa shape index (κ2) is 6.31. The Morgan fingerprint density at radius 2 is 2.18 bits per heavy atom. The molecule has 0 bridgehead atoms. The number of rotatable bonds is 3. The highest BCUT2D eigenvalue weighted by Crippen LogP contribution is 2.17. The molecule has 0 unspecified atom stereocenters. The molecule has 1 fully saturated rings. The molecule has 1 aromatic carbocycles. The highest BCUT2D eigenvalue weighted by Gasteiger charge is 2.35. The van der Waals surface area contributed by atoms with E-state index in [1.54, 1.807) is 31.2 Å². The fourth-order valence-electron chi connectivity index (χ4n) is 2.16. The molecule has 1 aromatic rings. The molecule has 2 amide bonds. The number of nitrogens with zero attached hydrogens (tertiary/aromatic N) is 1. The Morgan fingerprint density at radius 3 is 2.77 bits per heavy atom. The molecule has 2 rings (SSSR count). The molecule has 1 aliphatic rings. The summed E-state index contributed by atoms with van der Waals surface area (Å²) in [6, 6.07) is 6.28. The minimum atomic E-state index is -0.418. The van der Waals surface area contributed by atoms with Gasteiger partial charge in [0.25, 0.3) is 0 Å². The molecular weight excluding hydrogens is 302 g/mol. The molecule has 22 heavy (non-hydrogen) atoms. The highest BCUT2D eigenvalue weighted by atomic mass is 32.1. The maximum atomic E-state index is 12.3. The number of carbonyl (C=O) groups excluding carboxylic acids is 2. The van der Waals surface area contributed by atoms with Crippen molar-refractivity contribution in [2.75, 3.05) is 18.5 Å². The van der Waals surface area contributed by atoms with E-state index in [4.69, 9.17) is 17.0 Å². The molecule has 0 spiro atoms. The summed E-state index contributed by atoms with van der Waals surface area (Å²) in [5, 5.41) is 6.21. The van der Waals surface area contributed by atoms with E-state index in [-0.39, 0.29) is 11.6 Å². The van der Waals surface area contributed by atoms with E-state index >= 15 is 0 Å². The van der Waals surface area contributed by atoms with Gasteiger partial charge < -0.3 is 15.4 Å². The van der Waals surface area contributed by atoms with Crippen molar-refractivity contribution in [3.05, 3.63) is 29.8 Å². The fraction of sp³-hybridized carbons (Fsp3) is 0.400. The lowest BCUT2D eigenvalue weighted by Gasteiger charge is -2.18. The Morgan fingerprint density at radius 1 is 1.45 bits per heavy atom. The summed E-state index contributed by atoms with van der Waals surface area (Å²) in [6.45, 7) is 6.46. The number of thiocarbonyl (C=S) groups is 1. The van der Waals surface area contributed by atoms with Gasteiger partial charge in [-0.3, -0.25) is 4.90 Å². The van der Waals surface area contributed by atoms with Gasteiger partial charge in [0, 0.05) is 5.69 Å². The third-order valence-corrected chi connectivity index (χ3v) is 3.44. The summed E-state index contributed by atoms with van der Waals surface area (Å²) in [7, 11) is 0. The van der Waals surface area contributed by atoms with E-state index in [9.17, 15) is 9.59 Å². The molecule has 1 saturated heterocycles. The minimum absolute atomic E-state index is 0.249. The van der Waals surface area contributed by atoms with Gasteiger partial charge in [-0.25, -0.2) is 9.59 Å². The number of ether oxygens (including phenoxy) is 1. The second-order valence-corrected chi connectivity index (χ2v) is 6.02. The quantitative estimate of drug-likeness (QED) is 0.660. The topological polar surface area (TPSA) is 70.7 Å². The van der Waals surface area contributed by atoms with Crippen molar-refractivity contribution in [1.82, 2.24) is 10.2 Å². The zero-order chi connectivity index (χ0) is 16.3.